The van der Waals surface area contributed by atoms with Crippen molar-refractivity contribution in [1.82, 2.24) is 4.90 Å². The van der Waals surface area contributed by atoms with Crippen molar-refractivity contribution < 1.29 is 23.9 Å². The third-order valence-electron chi connectivity index (χ3n) is 5.65. The van der Waals surface area contributed by atoms with E-state index in [-0.39, 0.29) is 24.0 Å². The number of imide groups is 1. The maximum Gasteiger partial charge on any atom is 0.294 e. The highest BCUT2D eigenvalue weighted by Crippen LogP contribution is 2.32. The Balaban J connectivity index is 1.32. The SMILES string of the molecule is Cc1cc(C)cc(NC(=O)CN2C(=O)S/C(=C\c3ccc(OCC(=O)Nc4ccccc4C)cc3)C2=O)c1. The summed E-state index contributed by atoms with van der Waals surface area (Å²) < 4.78 is 5.56. The molecule has 0 unspecified atom stereocenters. The number of carbonyl (C=O) groups excluding carboxylic acids is 4. The molecule has 3 aromatic rings. The smallest absolute Gasteiger partial charge is 0.294 e. The molecule has 4 amide bonds. The highest BCUT2D eigenvalue weighted by molar-refractivity contribution is 8.18. The summed E-state index contributed by atoms with van der Waals surface area (Å²) in [6.07, 6.45) is 1.58. The van der Waals surface area contributed by atoms with Gasteiger partial charge in [-0.2, -0.15) is 0 Å². The van der Waals surface area contributed by atoms with Crippen LogP contribution in [0.5, 0.6) is 5.75 Å². The van der Waals surface area contributed by atoms with Crippen molar-refractivity contribution in [2.45, 2.75) is 20.8 Å². The molecule has 0 aliphatic carbocycles. The van der Waals surface area contributed by atoms with Crippen molar-refractivity contribution in [3.8, 4) is 5.75 Å². The molecule has 8 nitrogen and oxygen atoms in total. The van der Waals surface area contributed by atoms with Crippen LogP contribution in [0, 0.1) is 20.8 Å². The topological polar surface area (TPSA) is 105 Å². The standard InChI is InChI=1S/C29H27N3O5S/c1-18-12-19(2)14-22(13-18)30-26(33)16-32-28(35)25(38-29(32)36)15-21-8-10-23(11-9-21)37-17-27(34)31-24-7-5-4-6-20(24)3/h4-15H,16-17H2,1-3H3,(H,30,33)(H,31,34)/b25-15-. The van der Waals surface area contributed by atoms with Crippen LogP contribution in [0.4, 0.5) is 16.2 Å². The monoisotopic (exact) mass is 529 g/mol. The Morgan fingerprint density at radius 3 is 2.26 bits per heavy atom. The van der Waals surface area contributed by atoms with E-state index < -0.39 is 17.1 Å². The van der Waals surface area contributed by atoms with Crippen LogP contribution in [-0.4, -0.2) is 41.0 Å². The lowest BCUT2D eigenvalue weighted by atomic mass is 10.1. The molecule has 0 bridgehead atoms. The van der Waals surface area contributed by atoms with E-state index in [9.17, 15) is 19.2 Å². The van der Waals surface area contributed by atoms with E-state index in [1.165, 1.54) is 0 Å². The Labute approximate surface area is 225 Å². The molecule has 1 aliphatic heterocycles. The number of hydrogen-bond donors (Lipinski definition) is 2. The first-order valence-electron chi connectivity index (χ1n) is 11.9. The summed E-state index contributed by atoms with van der Waals surface area (Å²) in [5, 5.41) is 5.05. The zero-order valence-electron chi connectivity index (χ0n) is 21.2. The van der Waals surface area contributed by atoms with Gasteiger partial charge in [0.05, 0.1) is 4.91 Å². The normalized spacial score (nSPS) is 14.1. The molecule has 194 valence electrons. The lowest BCUT2D eigenvalue weighted by Crippen LogP contribution is -2.36. The average Bonchev–Trinajstić information content (AvgIpc) is 3.11. The third-order valence-corrected chi connectivity index (χ3v) is 6.56. The zero-order valence-corrected chi connectivity index (χ0v) is 22.1. The first-order chi connectivity index (χ1) is 18.2. The van der Waals surface area contributed by atoms with Crippen molar-refractivity contribution >= 4 is 52.2 Å². The maximum absolute atomic E-state index is 12.8. The van der Waals surface area contributed by atoms with Crippen LogP contribution in [0.1, 0.15) is 22.3 Å². The van der Waals surface area contributed by atoms with Crippen LogP contribution >= 0.6 is 11.8 Å². The van der Waals surface area contributed by atoms with Crippen molar-refractivity contribution in [3.05, 3.63) is 93.9 Å². The minimum atomic E-state index is -0.524. The van der Waals surface area contributed by atoms with Gasteiger partial charge in [-0.15, -0.1) is 0 Å². The predicted molar refractivity (Wildman–Crippen MR) is 149 cm³/mol. The molecule has 0 spiro atoms. The van der Waals surface area contributed by atoms with Crippen LogP contribution < -0.4 is 15.4 Å². The van der Waals surface area contributed by atoms with Crippen LogP contribution in [-0.2, 0) is 14.4 Å². The predicted octanol–water partition coefficient (Wildman–Crippen LogP) is 5.30. The Morgan fingerprint density at radius 1 is 0.895 bits per heavy atom. The van der Waals surface area contributed by atoms with Gasteiger partial charge in [0.2, 0.25) is 5.91 Å². The largest absolute Gasteiger partial charge is 0.484 e. The minimum Gasteiger partial charge on any atom is -0.484 e. The number of aryl methyl sites for hydroxylation is 3. The van der Waals surface area contributed by atoms with E-state index in [0.29, 0.717) is 17.0 Å². The van der Waals surface area contributed by atoms with Gasteiger partial charge in [0, 0.05) is 11.4 Å². The Morgan fingerprint density at radius 2 is 1.58 bits per heavy atom. The summed E-state index contributed by atoms with van der Waals surface area (Å²) in [6.45, 7) is 5.23. The van der Waals surface area contributed by atoms with Gasteiger partial charge in [0.1, 0.15) is 12.3 Å². The van der Waals surface area contributed by atoms with Crippen LogP contribution in [0.3, 0.4) is 0 Å². The molecule has 1 fully saturated rings. The number of anilines is 2. The second kappa shape index (κ2) is 11.8. The first kappa shape index (κ1) is 26.7. The fourth-order valence-corrected chi connectivity index (χ4v) is 4.73. The molecule has 0 aromatic heterocycles. The van der Waals surface area contributed by atoms with Gasteiger partial charge in [0.25, 0.3) is 17.1 Å². The molecular weight excluding hydrogens is 502 g/mol. The van der Waals surface area contributed by atoms with Gasteiger partial charge in [-0.25, -0.2) is 0 Å². The minimum absolute atomic E-state index is 0.156. The number of hydrogen-bond acceptors (Lipinski definition) is 6. The van der Waals surface area contributed by atoms with Crippen molar-refractivity contribution in [2.75, 3.05) is 23.8 Å². The Bertz CT molecular complexity index is 1410. The quantitative estimate of drug-likeness (QED) is 0.384. The summed E-state index contributed by atoms with van der Waals surface area (Å²) in [5.41, 5.74) is 4.97. The highest BCUT2D eigenvalue weighted by Gasteiger charge is 2.36. The molecule has 2 N–H and O–H groups in total. The van der Waals surface area contributed by atoms with E-state index in [1.54, 1.807) is 30.3 Å². The Hall–Kier alpha value is -4.37. The van der Waals surface area contributed by atoms with Gasteiger partial charge in [-0.3, -0.25) is 24.1 Å². The summed E-state index contributed by atoms with van der Waals surface area (Å²) in [7, 11) is 0. The summed E-state index contributed by atoms with van der Waals surface area (Å²) in [6, 6.07) is 19.9. The summed E-state index contributed by atoms with van der Waals surface area (Å²) >= 11 is 0.785. The lowest BCUT2D eigenvalue weighted by molar-refractivity contribution is -0.127. The number of nitrogens with zero attached hydrogens (tertiary/aromatic N) is 1. The zero-order chi connectivity index (χ0) is 27.2. The number of benzene rings is 3. The van der Waals surface area contributed by atoms with Gasteiger partial charge in [-0.1, -0.05) is 36.4 Å². The third kappa shape index (κ3) is 6.89. The first-order valence-corrected chi connectivity index (χ1v) is 12.7. The van der Waals surface area contributed by atoms with Crippen LogP contribution in [0.2, 0.25) is 0 Å². The fourth-order valence-electron chi connectivity index (χ4n) is 3.89. The number of ether oxygens (including phenoxy) is 1. The molecule has 0 saturated carbocycles. The summed E-state index contributed by atoms with van der Waals surface area (Å²) in [4.78, 5) is 51.1. The second-order valence-corrected chi connectivity index (χ2v) is 9.91. The maximum atomic E-state index is 12.8. The highest BCUT2D eigenvalue weighted by atomic mass is 32.2. The molecule has 3 aromatic carbocycles. The summed E-state index contributed by atoms with van der Waals surface area (Å²) in [5.74, 6) is -0.771. The molecule has 0 radical (unpaired) electrons. The van der Waals surface area contributed by atoms with Gasteiger partial charge < -0.3 is 15.4 Å². The average molecular weight is 530 g/mol. The number of carbonyl (C=O) groups is 4. The molecule has 9 heteroatoms. The van der Waals surface area contributed by atoms with E-state index in [0.717, 1.165) is 39.0 Å². The van der Waals surface area contributed by atoms with E-state index in [1.807, 2.05) is 63.2 Å². The van der Waals surface area contributed by atoms with Crippen molar-refractivity contribution in [3.63, 3.8) is 0 Å². The van der Waals surface area contributed by atoms with Gasteiger partial charge >= 0.3 is 0 Å². The van der Waals surface area contributed by atoms with Crippen molar-refractivity contribution in [1.29, 1.82) is 0 Å². The van der Waals surface area contributed by atoms with E-state index >= 15 is 0 Å². The van der Waals surface area contributed by atoms with Gasteiger partial charge in [-0.05, 0) is 91.2 Å². The Kier molecular flexibility index (Phi) is 8.28. The molecule has 1 aliphatic rings. The van der Waals surface area contributed by atoms with E-state index in [4.69, 9.17) is 4.74 Å². The van der Waals surface area contributed by atoms with Crippen LogP contribution in [0.25, 0.3) is 6.08 Å². The molecule has 0 atom stereocenters. The number of para-hydroxylation sites is 1. The number of nitrogens with one attached hydrogen (secondary N) is 2. The number of amides is 4. The van der Waals surface area contributed by atoms with Crippen molar-refractivity contribution in [2.24, 2.45) is 0 Å². The van der Waals surface area contributed by atoms with Crippen LogP contribution in [0.15, 0.2) is 71.6 Å². The molecule has 4 rings (SSSR count). The number of thioether (sulfide) groups is 1. The fraction of sp³-hybridized carbons (Fsp3) is 0.172. The molecule has 1 saturated heterocycles. The van der Waals surface area contributed by atoms with E-state index in [2.05, 4.69) is 10.6 Å². The lowest BCUT2D eigenvalue weighted by Gasteiger charge is -2.13. The van der Waals surface area contributed by atoms with Gasteiger partial charge in [0.15, 0.2) is 6.61 Å². The molecule has 38 heavy (non-hydrogen) atoms. The molecular formula is C29H27N3O5S. The molecule has 1 heterocycles. The number of rotatable bonds is 8. The second-order valence-electron chi connectivity index (χ2n) is 8.91.